The number of ether oxygens (including phenoxy) is 1. The summed E-state index contributed by atoms with van der Waals surface area (Å²) in [7, 11) is 0. The Morgan fingerprint density at radius 2 is 2.05 bits per heavy atom. The van der Waals surface area contributed by atoms with Crippen molar-refractivity contribution in [3.63, 3.8) is 0 Å². The van der Waals surface area contributed by atoms with E-state index in [4.69, 9.17) is 4.74 Å². The summed E-state index contributed by atoms with van der Waals surface area (Å²) in [5.74, 6) is -0.533. The molecule has 2 aromatic heterocycles. The predicted octanol–water partition coefficient (Wildman–Crippen LogP) is 2.65. The third kappa shape index (κ3) is 2.43. The van der Waals surface area contributed by atoms with Crippen LogP contribution in [0.15, 0.2) is 45.8 Å². The van der Waals surface area contributed by atoms with E-state index in [2.05, 4.69) is 26.0 Å². The summed E-state index contributed by atoms with van der Waals surface area (Å²) < 4.78 is 7.42. The largest absolute Gasteiger partial charge is 0.461 e. The van der Waals surface area contributed by atoms with Crippen LogP contribution in [0, 0.1) is 0 Å². The van der Waals surface area contributed by atoms with E-state index in [1.54, 1.807) is 19.1 Å². The molecule has 0 aliphatic heterocycles. The van der Waals surface area contributed by atoms with Gasteiger partial charge in [0.05, 0.1) is 12.3 Å². The van der Waals surface area contributed by atoms with Crippen LogP contribution in [0.3, 0.4) is 0 Å². The highest BCUT2D eigenvalue weighted by molar-refractivity contribution is 9.10. The van der Waals surface area contributed by atoms with Crippen LogP contribution in [0.25, 0.3) is 16.7 Å². The standard InChI is InChI=1S/C15H12BrN3O3/c1-2-22-15(21)14-13-12(11(20)7-8-17-13)18-19(14)10-5-3-9(16)4-6-10/h3-8,17H,2H2,1H3. The van der Waals surface area contributed by atoms with Crippen molar-refractivity contribution in [2.45, 2.75) is 6.92 Å². The maximum Gasteiger partial charge on any atom is 0.359 e. The van der Waals surface area contributed by atoms with Crippen LogP contribution >= 0.6 is 15.9 Å². The lowest BCUT2D eigenvalue weighted by Gasteiger charge is -2.07. The quantitative estimate of drug-likeness (QED) is 0.727. The number of H-pyrrole nitrogens is 1. The lowest BCUT2D eigenvalue weighted by atomic mass is 10.3. The van der Waals surface area contributed by atoms with Crippen molar-refractivity contribution in [1.82, 2.24) is 14.8 Å². The number of nitrogens with zero attached hydrogens (tertiary/aromatic N) is 2. The number of halogens is 1. The minimum atomic E-state index is -0.533. The van der Waals surface area contributed by atoms with Gasteiger partial charge < -0.3 is 9.72 Å². The molecule has 1 N–H and O–H groups in total. The lowest BCUT2D eigenvalue weighted by Crippen LogP contribution is -2.12. The van der Waals surface area contributed by atoms with Gasteiger partial charge in [-0.15, -0.1) is 0 Å². The molecular formula is C15H12BrN3O3. The zero-order valence-corrected chi connectivity index (χ0v) is 13.3. The molecule has 0 saturated heterocycles. The fourth-order valence-electron chi connectivity index (χ4n) is 2.16. The Labute approximate surface area is 133 Å². The van der Waals surface area contributed by atoms with Gasteiger partial charge in [-0.25, -0.2) is 9.48 Å². The van der Waals surface area contributed by atoms with Crippen LogP contribution in [0.5, 0.6) is 0 Å². The van der Waals surface area contributed by atoms with Gasteiger partial charge in [-0.3, -0.25) is 4.79 Å². The van der Waals surface area contributed by atoms with Gasteiger partial charge in [0.25, 0.3) is 0 Å². The Hall–Kier alpha value is -2.41. The lowest BCUT2D eigenvalue weighted by molar-refractivity contribution is 0.0518. The number of aromatic nitrogens is 3. The third-order valence-electron chi connectivity index (χ3n) is 3.12. The molecule has 22 heavy (non-hydrogen) atoms. The van der Waals surface area contributed by atoms with E-state index in [-0.39, 0.29) is 23.2 Å². The maximum absolute atomic E-state index is 12.3. The number of rotatable bonds is 3. The first-order chi connectivity index (χ1) is 10.6. The van der Waals surface area contributed by atoms with E-state index in [0.717, 1.165) is 4.47 Å². The SMILES string of the molecule is CCOC(=O)c1c2[nH]ccc(=O)c2nn1-c1ccc(Br)cc1. The number of esters is 1. The van der Waals surface area contributed by atoms with Crippen molar-refractivity contribution < 1.29 is 9.53 Å². The van der Waals surface area contributed by atoms with Gasteiger partial charge >= 0.3 is 5.97 Å². The topological polar surface area (TPSA) is 77.0 Å². The molecule has 0 amide bonds. The first-order valence-corrected chi connectivity index (χ1v) is 7.44. The Balaban J connectivity index is 2.30. The van der Waals surface area contributed by atoms with E-state index < -0.39 is 5.97 Å². The van der Waals surface area contributed by atoms with Crippen molar-refractivity contribution >= 4 is 32.9 Å². The molecule has 0 radical (unpaired) electrons. The number of carbonyl (C=O) groups is 1. The Bertz CT molecular complexity index is 897. The van der Waals surface area contributed by atoms with Crippen molar-refractivity contribution in [1.29, 1.82) is 0 Å². The van der Waals surface area contributed by atoms with Gasteiger partial charge in [-0.2, -0.15) is 5.10 Å². The smallest absolute Gasteiger partial charge is 0.359 e. The molecule has 3 aromatic rings. The summed E-state index contributed by atoms with van der Waals surface area (Å²) >= 11 is 3.36. The van der Waals surface area contributed by atoms with E-state index in [0.29, 0.717) is 11.2 Å². The minimum absolute atomic E-state index is 0.202. The number of aromatic amines is 1. The average Bonchev–Trinajstić information content (AvgIpc) is 2.89. The zero-order chi connectivity index (χ0) is 15.7. The molecule has 0 aliphatic rings. The molecule has 6 nitrogen and oxygen atoms in total. The van der Waals surface area contributed by atoms with Gasteiger partial charge in [0.15, 0.2) is 11.2 Å². The molecule has 0 fully saturated rings. The number of hydrogen-bond donors (Lipinski definition) is 1. The van der Waals surface area contributed by atoms with Crippen LogP contribution in [0.2, 0.25) is 0 Å². The number of nitrogens with one attached hydrogen (secondary N) is 1. The van der Waals surface area contributed by atoms with Crippen LogP contribution in [0.4, 0.5) is 0 Å². The van der Waals surface area contributed by atoms with Gasteiger partial charge in [-0.1, -0.05) is 15.9 Å². The Morgan fingerprint density at radius 1 is 1.32 bits per heavy atom. The second-order valence-corrected chi connectivity index (χ2v) is 5.44. The molecule has 2 heterocycles. The number of benzene rings is 1. The van der Waals surface area contributed by atoms with Crippen molar-refractivity contribution in [2.24, 2.45) is 0 Å². The fourth-order valence-corrected chi connectivity index (χ4v) is 2.43. The van der Waals surface area contributed by atoms with Gasteiger partial charge in [0.2, 0.25) is 5.43 Å². The van der Waals surface area contributed by atoms with Crippen molar-refractivity contribution in [3.8, 4) is 5.69 Å². The maximum atomic E-state index is 12.3. The Morgan fingerprint density at radius 3 is 2.73 bits per heavy atom. The summed E-state index contributed by atoms with van der Waals surface area (Å²) in [5.41, 5.74) is 1.18. The number of pyridine rings is 1. The first-order valence-electron chi connectivity index (χ1n) is 6.65. The van der Waals surface area contributed by atoms with Crippen LogP contribution < -0.4 is 5.43 Å². The highest BCUT2D eigenvalue weighted by atomic mass is 79.9. The number of hydrogen-bond acceptors (Lipinski definition) is 4. The molecule has 0 saturated carbocycles. The van der Waals surface area contributed by atoms with Gasteiger partial charge in [-0.05, 0) is 31.2 Å². The van der Waals surface area contributed by atoms with Crippen LogP contribution in [-0.4, -0.2) is 27.3 Å². The molecule has 0 bridgehead atoms. The van der Waals surface area contributed by atoms with Crippen LogP contribution in [0.1, 0.15) is 17.4 Å². The predicted molar refractivity (Wildman–Crippen MR) is 85.3 cm³/mol. The van der Waals surface area contributed by atoms with E-state index in [9.17, 15) is 9.59 Å². The van der Waals surface area contributed by atoms with Crippen molar-refractivity contribution in [2.75, 3.05) is 6.61 Å². The second-order valence-electron chi connectivity index (χ2n) is 4.52. The van der Waals surface area contributed by atoms with Gasteiger partial charge in [0.1, 0.15) is 5.52 Å². The van der Waals surface area contributed by atoms with E-state index in [1.807, 2.05) is 12.1 Å². The molecule has 7 heteroatoms. The highest BCUT2D eigenvalue weighted by Gasteiger charge is 2.22. The summed E-state index contributed by atoms with van der Waals surface area (Å²) in [5, 5.41) is 4.27. The van der Waals surface area contributed by atoms with Crippen molar-refractivity contribution in [3.05, 3.63) is 56.9 Å². The number of fused-ring (bicyclic) bond motifs is 1. The summed E-state index contributed by atoms with van der Waals surface area (Å²) in [6, 6.07) is 8.62. The molecule has 0 atom stereocenters. The molecular weight excluding hydrogens is 350 g/mol. The second kappa shape index (κ2) is 5.76. The molecule has 1 aromatic carbocycles. The zero-order valence-electron chi connectivity index (χ0n) is 11.7. The van der Waals surface area contributed by atoms with E-state index >= 15 is 0 Å². The minimum Gasteiger partial charge on any atom is -0.461 e. The fraction of sp³-hybridized carbons (Fsp3) is 0.133. The summed E-state index contributed by atoms with van der Waals surface area (Å²) in [6.07, 6.45) is 1.49. The number of carbonyl (C=O) groups excluding carboxylic acids is 1. The average molecular weight is 362 g/mol. The highest BCUT2D eigenvalue weighted by Crippen LogP contribution is 2.20. The summed E-state index contributed by atoms with van der Waals surface area (Å²) in [6.45, 7) is 1.96. The monoisotopic (exact) mass is 361 g/mol. The molecule has 0 unspecified atom stereocenters. The molecule has 3 rings (SSSR count). The van der Waals surface area contributed by atoms with E-state index in [1.165, 1.54) is 16.9 Å². The summed E-state index contributed by atoms with van der Waals surface area (Å²) in [4.78, 5) is 27.1. The normalized spacial score (nSPS) is 10.8. The van der Waals surface area contributed by atoms with Crippen LogP contribution in [-0.2, 0) is 4.74 Å². The molecule has 0 spiro atoms. The molecule has 0 aliphatic carbocycles. The third-order valence-corrected chi connectivity index (χ3v) is 3.65. The Kier molecular flexibility index (Phi) is 3.81. The molecule has 112 valence electrons. The van der Waals surface area contributed by atoms with Gasteiger partial charge in [0, 0.05) is 16.7 Å². The first kappa shape index (κ1) is 14.5.